The van der Waals surface area contributed by atoms with Gasteiger partial charge in [-0.25, -0.2) is 4.79 Å². The first-order valence-electron chi connectivity index (χ1n) is 52.1. The molecule has 5 heterocycles. The summed E-state index contributed by atoms with van der Waals surface area (Å²) in [5.74, 6) is -18.9. The number of nitrogens with one attached hydrogen (secondary N) is 16. The number of carboxylic acid groups (broad SMARTS) is 1. The number of benzene rings is 2. The Hall–Kier alpha value is -12.3. The molecule has 2 aromatic heterocycles. The zero-order valence-electron chi connectivity index (χ0n) is 87.5. The number of aromatic nitrogens is 2. The predicted octanol–water partition coefficient (Wildman–Crippen LogP) is -1.12. The van der Waals surface area contributed by atoms with Crippen LogP contribution < -0.4 is 97.4 Å². The Kier molecular flexibility index (Phi) is 49.3. The lowest BCUT2D eigenvalue weighted by molar-refractivity contribution is -0.150. The lowest BCUT2D eigenvalue weighted by Gasteiger charge is -2.35. The number of fused-ring (bicyclic) bond motifs is 2. The maximum atomic E-state index is 15.1. The average molecular weight is 2060 g/mol. The molecule has 3 saturated heterocycles. The highest BCUT2D eigenvalue weighted by Gasteiger charge is 2.48. The topological polar surface area (TPSA) is 702 Å². The summed E-state index contributed by atoms with van der Waals surface area (Å²) >= 11 is 0. The number of aliphatic hydroxyl groups is 3. The number of unbranched alkanes of at least 4 members (excludes halogenated alkanes) is 3. The highest BCUT2D eigenvalue weighted by atomic mass is 16.4. The van der Waals surface area contributed by atoms with Crippen LogP contribution in [0.1, 0.15) is 230 Å². The van der Waals surface area contributed by atoms with Crippen molar-refractivity contribution in [2.75, 3.05) is 52.4 Å². The molecular weight excluding hydrogens is 1900 g/mol. The zero-order valence-corrected chi connectivity index (χ0v) is 87.5. The van der Waals surface area contributed by atoms with E-state index in [0.717, 1.165) is 21.8 Å². The summed E-state index contributed by atoms with van der Waals surface area (Å²) in [4.78, 5) is 270. The van der Waals surface area contributed by atoms with Crippen LogP contribution in [0, 0.1) is 35.5 Å². The van der Waals surface area contributed by atoms with Crippen molar-refractivity contribution >= 4 is 128 Å². The van der Waals surface area contributed by atoms with E-state index in [1.807, 2.05) is 43.3 Å². The summed E-state index contributed by atoms with van der Waals surface area (Å²) < 4.78 is 0. The summed E-state index contributed by atoms with van der Waals surface area (Å²) in [7, 11) is 0. The molecule has 45 heteroatoms. The molecule has 45 nitrogen and oxygen atoms in total. The van der Waals surface area contributed by atoms with Crippen LogP contribution in [-0.2, 0) is 99.1 Å². The second kappa shape index (κ2) is 59.6. The molecule has 28 N–H and O–H groups in total. The van der Waals surface area contributed by atoms with Crippen LogP contribution in [0.4, 0.5) is 0 Å². The van der Waals surface area contributed by atoms with Gasteiger partial charge in [0.25, 0.3) is 0 Å². The van der Waals surface area contributed by atoms with E-state index in [0.29, 0.717) is 75.5 Å². The molecule has 22 atom stereocenters. The normalized spacial score (nSPS) is 18.6. The van der Waals surface area contributed by atoms with E-state index in [1.165, 1.54) is 28.5 Å². The quantitative estimate of drug-likeness (QED) is 0.0233. The SMILES string of the molecule is CC[C@H](C)[C@H](NC(=O)[C@H](Cc1c[nH]c2ccccc12)NC(=O)[C@H](CCCCN)NC(=O)CN)C(=O)N[C@H](C(=O)N[C@H](C(=O)N[C@@H](CO)C(=O)N[C@H](C(=O)N1CCC[C@@H]1C(=O)N1CCC[C@H]1C(=O)N[C@@H](CCCCN)C(=O)N[C@@H](CCCCN)C(=O)N[C@@H](CC(C)C)C(=O)N[C@H](C(=O)N[C@H](C(=O)N[C@@H](Cc1c[nH]c2ccccc12)C(=O)N[C@H](C(=O)N1CCC[C@@H]1C(=O)O)[C@@H](C)CC)C(C)C)[C@@H](C)O)[C@@H](C)CC)C(C)C)[C@@H](C)O. The van der Waals surface area contributed by atoms with Gasteiger partial charge in [-0.05, 0) is 195 Å². The Morgan fingerprint density at radius 2 is 0.694 bits per heavy atom. The van der Waals surface area contributed by atoms with Crippen LogP contribution in [0.25, 0.3) is 21.8 Å². The van der Waals surface area contributed by atoms with Crippen LogP contribution in [-0.4, -0.2) is 319 Å². The zero-order chi connectivity index (χ0) is 109. The van der Waals surface area contributed by atoms with Crippen molar-refractivity contribution in [2.45, 2.75) is 347 Å². The van der Waals surface area contributed by atoms with E-state index in [1.54, 1.807) is 101 Å². The number of rotatable bonds is 61. The number of aliphatic carboxylic acids is 1. The molecule has 0 bridgehead atoms. The number of likely N-dealkylation sites (tertiary alicyclic amines) is 3. The van der Waals surface area contributed by atoms with Crippen LogP contribution in [0.2, 0.25) is 0 Å². The number of hydrogen-bond donors (Lipinski definition) is 24. The summed E-state index contributed by atoms with van der Waals surface area (Å²) in [5.41, 5.74) is 25.9. The summed E-state index contributed by atoms with van der Waals surface area (Å²) in [6.45, 7) is 22.1. The van der Waals surface area contributed by atoms with E-state index >= 15 is 9.59 Å². The highest BCUT2D eigenvalue weighted by molar-refractivity contribution is 6.03. The number of nitrogens with zero attached hydrogens (tertiary/aromatic N) is 3. The Bertz CT molecular complexity index is 5110. The molecule has 818 valence electrons. The lowest BCUT2D eigenvalue weighted by atomic mass is 9.96. The number of amides is 17. The monoisotopic (exact) mass is 2060 g/mol. The fraction of sp³-hybridized carbons (Fsp3) is 0.667. The van der Waals surface area contributed by atoms with Gasteiger partial charge in [0.2, 0.25) is 100 Å². The first-order valence-corrected chi connectivity index (χ1v) is 52.1. The van der Waals surface area contributed by atoms with Gasteiger partial charge in [0.05, 0.1) is 25.4 Å². The third-order valence-corrected chi connectivity index (χ3v) is 28.0. The van der Waals surface area contributed by atoms with Gasteiger partial charge < -0.3 is 142 Å². The van der Waals surface area contributed by atoms with Crippen molar-refractivity contribution in [1.29, 1.82) is 0 Å². The van der Waals surface area contributed by atoms with Crippen molar-refractivity contribution < 1.29 is 107 Å². The lowest BCUT2D eigenvalue weighted by Crippen LogP contribution is -2.63. The molecule has 4 aromatic rings. The molecule has 0 radical (unpaired) electrons. The number of carbonyl (C=O) groups excluding carboxylic acids is 17. The van der Waals surface area contributed by atoms with Gasteiger partial charge in [0.15, 0.2) is 0 Å². The Labute approximate surface area is 859 Å². The third kappa shape index (κ3) is 34.7. The van der Waals surface area contributed by atoms with E-state index in [9.17, 15) is 97.1 Å². The van der Waals surface area contributed by atoms with E-state index in [2.05, 4.69) is 84.4 Å². The molecule has 0 unspecified atom stereocenters. The number of para-hydroxylation sites is 2. The third-order valence-electron chi connectivity index (χ3n) is 28.0. The Balaban J connectivity index is 1.01. The molecule has 7 rings (SSSR count). The second-order valence-electron chi connectivity index (χ2n) is 40.4. The van der Waals surface area contributed by atoms with Crippen molar-refractivity contribution in [2.24, 2.45) is 58.4 Å². The van der Waals surface area contributed by atoms with Crippen molar-refractivity contribution in [3.63, 3.8) is 0 Å². The Morgan fingerprint density at radius 1 is 0.367 bits per heavy atom. The maximum absolute atomic E-state index is 15.1. The average Bonchev–Trinajstić information content (AvgIpc) is 1.63. The summed E-state index contributed by atoms with van der Waals surface area (Å²) in [6.07, 6.45) is 4.74. The van der Waals surface area contributed by atoms with Gasteiger partial charge in [-0.3, -0.25) is 81.5 Å². The van der Waals surface area contributed by atoms with E-state index in [-0.39, 0.29) is 116 Å². The summed E-state index contributed by atoms with van der Waals surface area (Å²) in [5, 5.41) is 82.4. The summed E-state index contributed by atoms with van der Waals surface area (Å²) in [6, 6.07) is -9.34. The first kappa shape index (κ1) is 122. The molecule has 3 fully saturated rings. The van der Waals surface area contributed by atoms with Gasteiger partial charge in [-0.1, -0.05) is 139 Å². The van der Waals surface area contributed by atoms with Crippen molar-refractivity contribution in [1.82, 2.24) is 99.1 Å². The molecule has 0 saturated carbocycles. The molecular formula is C102H163N23O22. The van der Waals surface area contributed by atoms with E-state index in [4.69, 9.17) is 22.9 Å². The van der Waals surface area contributed by atoms with Crippen LogP contribution in [0.15, 0.2) is 60.9 Å². The number of H-pyrrole nitrogens is 2. The molecule has 17 amide bonds. The molecule has 0 aliphatic carbocycles. The van der Waals surface area contributed by atoms with Crippen molar-refractivity contribution in [3.8, 4) is 0 Å². The standard InChI is InChI=1S/C102H163N23O22/c1-15-57(10)81(118-90(134)72(48-62-51-107-66-33-20-18-31-64(62)66)113-86(130)68(35-22-25-41-103)109-78(129)50-106)96(140)122-85(61(14)128)98(142)117-80(56(8)9)95(139)115-74(53-126)92(136)120-82(58(11)16-2)100(144)124-45-29-39-76(124)99(143)123-44-28-38-75(123)93(137)111-70(37-24-27-43-105)87(131)110-69(36-23-26-42-104)88(132)112-71(47-54(4)5)89(133)121-84(60(13)127)97(141)116-79(55(6)7)94(138)114-73(49-63-52-108-67-34-21-19-32-65(63)67)91(135)119-83(59(12)17-3)101(145)125-46-30-40-77(125)102(146)147/h18-21,31-34,51-52,54-61,68-77,79-85,107-108,126-128H,15-17,22-30,35-50,53,103-106H2,1-14H3,(H,109,129)(H,110,131)(H,111,137)(H,112,132)(H,113,130)(H,114,138)(H,115,139)(H,116,141)(H,117,142)(H,118,134)(H,119,135)(H,120,136)(H,121,133)(H,122,140)(H,146,147)/t57-,58-,59-,60+,61+,68-,69-,70-,71-,72-,73-,74-,75-,76+,77+,79-,80-,81-,82-,83-,84-,85-/m0/s1. The number of nitrogens with two attached hydrogens (primary N) is 4. The minimum absolute atomic E-state index is 0.00606. The first-order chi connectivity index (χ1) is 69.8. The minimum atomic E-state index is -1.79. The van der Waals surface area contributed by atoms with Crippen LogP contribution in [0.3, 0.4) is 0 Å². The van der Waals surface area contributed by atoms with Gasteiger partial charge in [0, 0.05) is 66.7 Å². The van der Waals surface area contributed by atoms with Gasteiger partial charge in [-0.2, -0.15) is 0 Å². The smallest absolute Gasteiger partial charge is 0.326 e. The molecule has 147 heavy (non-hydrogen) atoms. The largest absolute Gasteiger partial charge is 0.480 e. The maximum Gasteiger partial charge on any atom is 0.326 e. The minimum Gasteiger partial charge on any atom is -0.480 e. The fourth-order valence-corrected chi connectivity index (χ4v) is 18.6. The molecule has 3 aliphatic heterocycles. The number of carbonyl (C=O) groups is 18. The predicted molar refractivity (Wildman–Crippen MR) is 549 cm³/mol. The number of carboxylic acids is 1. The van der Waals surface area contributed by atoms with Gasteiger partial charge >= 0.3 is 5.97 Å². The molecule has 3 aliphatic rings. The molecule has 2 aromatic carbocycles. The van der Waals surface area contributed by atoms with Crippen LogP contribution in [0.5, 0.6) is 0 Å². The molecule has 0 spiro atoms. The number of aliphatic hydroxyl groups excluding tert-OH is 3. The second-order valence-corrected chi connectivity index (χ2v) is 40.4. The number of hydrogen-bond acceptors (Lipinski definition) is 25. The highest BCUT2D eigenvalue weighted by Crippen LogP contribution is 2.30. The Morgan fingerprint density at radius 3 is 1.11 bits per heavy atom. The van der Waals surface area contributed by atoms with Gasteiger partial charge in [-0.15, -0.1) is 0 Å². The fourth-order valence-electron chi connectivity index (χ4n) is 18.6. The van der Waals surface area contributed by atoms with Gasteiger partial charge in [0.1, 0.15) is 103 Å². The number of aromatic amines is 2. The van der Waals surface area contributed by atoms with Crippen molar-refractivity contribution in [3.05, 3.63) is 72.1 Å². The van der Waals surface area contributed by atoms with Crippen LogP contribution >= 0.6 is 0 Å². The van der Waals surface area contributed by atoms with E-state index < -0.39 is 264 Å².